The van der Waals surface area contributed by atoms with Crippen LogP contribution in [0.3, 0.4) is 0 Å². The zero-order valence-corrected chi connectivity index (χ0v) is 13.0. The Kier molecular flexibility index (Phi) is 3.55. The number of piperidine rings is 1. The average Bonchev–Trinajstić information content (AvgIpc) is 3.08. The molecule has 2 aromatic rings. The summed E-state index contributed by atoms with van der Waals surface area (Å²) >= 11 is 3.35. The number of nitrogens with zero attached hydrogens (tertiary/aromatic N) is 3. The number of hydrogen-bond donors (Lipinski definition) is 2. The second kappa shape index (κ2) is 5.21. The summed E-state index contributed by atoms with van der Waals surface area (Å²) < 4.78 is 5.88. The minimum Gasteiger partial charge on any atom is -0.457 e. The molecule has 3 rings (SSSR count). The fourth-order valence-corrected chi connectivity index (χ4v) is 2.86. The number of furan rings is 1. The van der Waals surface area contributed by atoms with Gasteiger partial charge in [0.25, 0.3) is 0 Å². The Balaban J connectivity index is 1.74. The van der Waals surface area contributed by atoms with Gasteiger partial charge in [0.05, 0.1) is 11.8 Å². The van der Waals surface area contributed by atoms with Crippen LogP contribution in [0.1, 0.15) is 19.8 Å². The molecule has 0 saturated carbocycles. The summed E-state index contributed by atoms with van der Waals surface area (Å²) in [7, 11) is 0. The lowest BCUT2D eigenvalue weighted by Crippen LogP contribution is -2.42. The van der Waals surface area contributed by atoms with E-state index >= 15 is 0 Å². The Hall–Kier alpha value is -1.34. The maximum absolute atomic E-state index is 5.83. The maximum Gasteiger partial charge on any atom is 0.245 e. The van der Waals surface area contributed by atoms with Gasteiger partial charge in [0.15, 0.2) is 10.5 Å². The van der Waals surface area contributed by atoms with E-state index in [0.29, 0.717) is 10.5 Å². The number of H-pyrrole nitrogens is 1. The Labute approximate surface area is 125 Å². The lowest BCUT2D eigenvalue weighted by atomic mass is 9.81. The minimum atomic E-state index is 0.253. The van der Waals surface area contributed by atoms with Crippen LogP contribution in [-0.4, -0.2) is 34.8 Å². The quantitative estimate of drug-likeness (QED) is 0.896. The molecule has 0 amide bonds. The van der Waals surface area contributed by atoms with Crippen molar-refractivity contribution in [3.63, 3.8) is 0 Å². The molecule has 20 heavy (non-hydrogen) atoms. The van der Waals surface area contributed by atoms with Crippen molar-refractivity contribution < 1.29 is 4.42 Å². The van der Waals surface area contributed by atoms with E-state index in [0.717, 1.165) is 44.0 Å². The first-order valence-corrected chi connectivity index (χ1v) is 7.51. The zero-order valence-electron chi connectivity index (χ0n) is 11.4. The standard InChI is InChI=1S/C13H18BrN5O/c1-13(8-15)3-5-19(6-4-13)12-16-11(17-18-12)9-2-7-20-10(9)14/h2,7H,3-6,8,15H2,1H3,(H,16,17,18). The summed E-state index contributed by atoms with van der Waals surface area (Å²) in [6.07, 6.45) is 3.76. The first kappa shape index (κ1) is 13.6. The van der Waals surface area contributed by atoms with Crippen molar-refractivity contribution in [2.75, 3.05) is 24.5 Å². The van der Waals surface area contributed by atoms with Crippen LogP contribution in [0.15, 0.2) is 21.4 Å². The van der Waals surface area contributed by atoms with Crippen LogP contribution < -0.4 is 10.6 Å². The molecule has 0 bridgehead atoms. The molecule has 0 atom stereocenters. The van der Waals surface area contributed by atoms with Crippen molar-refractivity contribution in [1.29, 1.82) is 0 Å². The molecule has 6 nitrogen and oxygen atoms in total. The van der Waals surface area contributed by atoms with Crippen molar-refractivity contribution in [3.8, 4) is 11.4 Å². The van der Waals surface area contributed by atoms with Crippen LogP contribution in [0, 0.1) is 5.41 Å². The highest BCUT2D eigenvalue weighted by Crippen LogP contribution is 2.32. The van der Waals surface area contributed by atoms with Crippen molar-refractivity contribution in [1.82, 2.24) is 15.2 Å². The van der Waals surface area contributed by atoms with Gasteiger partial charge in [-0.2, -0.15) is 4.98 Å². The Bertz CT molecular complexity index is 585. The first-order valence-electron chi connectivity index (χ1n) is 6.72. The number of hydrogen-bond acceptors (Lipinski definition) is 5. The van der Waals surface area contributed by atoms with Gasteiger partial charge in [0, 0.05) is 13.1 Å². The maximum atomic E-state index is 5.83. The summed E-state index contributed by atoms with van der Waals surface area (Å²) in [4.78, 5) is 6.75. The predicted molar refractivity (Wildman–Crippen MR) is 80.4 cm³/mol. The Morgan fingerprint density at radius 2 is 2.25 bits per heavy atom. The van der Waals surface area contributed by atoms with Gasteiger partial charge < -0.3 is 15.1 Å². The summed E-state index contributed by atoms with van der Waals surface area (Å²) in [6.45, 7) is 4.87. The molecule has 0 radical (unpaired) electrons. The fourth-order valence-electron chi connectivity index (χ4n) is 2.43. The van der Waals surface area contributed by atoms with E-state index in [9.17, 15) is 0 Å². The molecule has 0 aromatic carbocycles. The smallest absolute Gasteiger partial charge is 0.245 e. The van der Waals surface area contributed by atoms with E-state index in [2.05, 4.69) is 42.9 Å². The van der Waals surface area contributed by atoms with Crippen molar-refractivity contribution in [3.05, 3.63) is 17.0 Å². The highest BCUT2D eigenvalue weighted by molar-refractivity contribution is 9.10. The fraction of sp³-hybridized carbons (Fsp3) is 0.538. The Morgan fingerprint density at radius 1 is 1.50 bits per heavy atom. The molecule has 1 saturated heterocycles. The third-order valence-electron chi connectivity index (χ3n) is 4.09. The highest BCUT2D eigenvalue weighted by Gasteiger charge is 2.30. The molecular formula is C13H18BrN5O. The van der Waals surface area contributed by atoms with Crippen LogP contribution in [0.25, 0.3) is 11.4 Å². The predicted octanol–water partition coefficient (Wildman–Crippen LogP) is 2.39. The highest BCUT2D eigenvalue weighted by atomic mass is 79.9. The van der Waals surface area contributed by atoms with Gasteiger partial charge in [-0.1, -0.05) is 6.92 Å². The van der Waals surface area contributed by atoms with Gasteiger partial charge in [0.1, 0.15) is 0 Å². The molecular weight excluding hydrogens is 322 g/mol. The van der Waals surface area contributed by atoms with Gasteiger partial charge in [-0.15, -0.1) is 5.10 Å². The van der Waals surface area contributed by atoms with Gasteiger partial charge in [0.2, 0.25) is 5.95 Å². The Morgan fingerprint density at radius 3 is 2.85 bits per heavy atom. The largest absolute Gasteiger partial charge is 0.457 e. The lowest BCUT2D eigenvalue weighted by Gasteiger charge is -2.38. The number of rotatable bonds is 3. The van der Waals surface area contributed by atoms with Crippen molar-refractivity contribution >= 4 is 21.9 Å². The van der Waals surface area contributed by atoms with Crippen LogP contribution in [0.5, 0.6) is 0 Å². The normalized spacial score (nSPS) is 18.4. The third kappa shape index (κ3) is 2.47. The van der Waals surface area contributed by atoms with Crippen LogP contribution in [-0.2, 0) is 0 Å². The summed E-state index contributed by atoms with van der Waals surface area (Å²) in [5.41, 5.74) is 6.97. The average molecular weight is 340 g/mol. The molecule has 3 heterocycles. The molecule has 1 fully saturated rings. The van der Waals surface area contributed by atoms with Gasteiger partial charge in [-0.05, 0) is 46.8 Å². The molecule has 0 unspecified atom stereocenters. The molecule has 0 aliphatic carbocycles. The van der Waals surface area contributed by atoms with Crippen LogP contribution in [0.2, 0.25) is 0 Å². The van der Waals surface area contributed by atoms with Gasteiger partial charge in [-0.25, -0.2) is 0 Å². The number of aromatic amines is 1. The number of aromatic nitrogens is 3. The van der Waals surface area contributed by atoms with E-state index in [1.165, 1.54) is 0 Å². The molecule has 0 spiro atoms. The number of nitrogens with one attached hydrogen (secondary N) is 1. The topological polar surface area (TPSA) is 84.0 Å². The van der Waals surface area contributed by atoms with Gasteiger partial charge >= 0.3 is 0 Å². The first-order chi connectivity index (χ1) is 9.61. The lowest BCUT2D eigenvalue weighted by molar-refractivity contribution is 0.257. The molecule has 108 valence electrons. The van der Waals surface area contributed by atoms with Gasteiger partial charge in [-0.3, -0.25) is 5.10 Å². The molecule has 1 aliphatic heterocycles. The summed E-state index contributed by atoms with van der Waals surface area (Å²) in [5, 5.41) is 7.27. The number of nitrogens with two attached hydrogens (primary N) is 1. The molecule has 1 aliphatic rings. The second-order valence-corrected chi connectivity index (χ2v) is 6.31. The van der Waals surface area contributed by atoms with Crippen LogP contribution >= 0.6 is 15.9 Å². The van der Waals surface area contributed by atoms with E-state index < -0.39 is 0 Å². The zero-order chi connectivity index (χ0) is 14.2. The molecule has 3 N–H and O–H groups in total. The number of halogens is 1. The SMILES string of the molecule is CC1(CN)CCN(c2n[nH]c(-c3ccoc3Br)n2)CC1. The van der Waals surface area contributed by atoms with E-state index in [4.69, 9.17) is 10.2 Å². The minimum absolute atomic E-state index is 0.253. The van der Waals surface area contributed by atoms with Crippen molar-refractivity contribution in [2.45, 2.75) is 19.8 Å². The second-order valence-electron chi connectivity index (χ2n) is 5.59. The molecule has 2 aromatic heterocycles. The molecule has 7 heteroatoms. The number of anilines is 1. The van der Waals surface area contributed by atoms with Crippen LogP contribution in [0.4, 0.5) is 5.95 Å². The monoisotopic (exact) mass is 339 g/mol. The van der Waals surface area contributed by atoms with E-state index in [1.54, 1.807) is 6.26 Å². The summed E-state index contributed by atoms with van der Waals surface area (Å²) in [6, 6.07) is 1.86. The van der Waals surface area contributed by atoms with E-state index in [1.807, 2.05) is 6.07 Å². The van der Waals surface area contributed by atoms with E-state index in [-0.39, 0.29) is 5.41 Å². The van der Waals surface area contributed by atoms with Crippen molar-refractivity contribution in [2.24, 2.45) is 11.1 Å². The summed E-state index contributed by atoms with van der Waals surface area (Å²) in [5.74, 6) is 1.46. The third-order valence-corrected chi connectivity index (χ3v) is 4.71.